The van der Waals surface area contributed by atoms with E-state index in [4.69, 9.17) is 9.97 Å². The van der Waals surface area contributed by atoms with Gasteiger partial charge in [0.1, 0.15) is 0 Å². The van der Waals surface area contributed by atoms with Crippen molar-refractivity contribution in [2.24, 2.45) is 5.92 Å². The molecule has 3 N–H and O–H groups in total. The molecule has 1 saturated carbocycles. The minimum atomic E-state index is 0.578. The van der Waals surface area contributed by atoms with Crippen LogP contribution in [0, 0.1) is 5.92 Å². The van der Waals surface area contributed by atoms with Gasteiger partial charge in [-0.15, -0.1) is 0 Å². The first-order valence-corrected chi connectivity index (χ1v) is 7.86. The molecule has 2 aromatic rings. The van der Waals surface area contributed by atoms with Gasteiger partial charge in [-0.3, -0.25) is 0 Å². The second-order valence-corrected chi connectivity index (χ2v) is 6.07. The van der Waals surface area contributed by atoms with Crippen molar-refractivity contribution >= 4 is 22.7 Å². The number of hydrogen-bond donors (Lipinski definition) is 3. The number of para-hydroxylation sites is 2. The van der Waals surface area contributed by atoms with E-state index in [0.29, 0.717) is 12.0 Å². The summed E-state index contributed by atoms with van der Waals surface area (Å²) in [6.07, 6.45) is 3.71. The van der Waals surface area contributed by atoms with Gasteiger partial charge in [0.15, 0.2) is 11.6 Å². The van der Waals surface area contributed by atoms with Crippen molar-refractivity contribution in [1.82, 2.24) is 15.3 Å². The quantitative estimate of drug-likeness (QED) is 0.785. The van der Waals surface area contributed by atoms with Crippen molar-refractivity contribution in [3.8, 4) is 0 Å². The first-order chi connectivity index (χ1) is 10.4. The van der Waals surface area contributed by atoms with Crippen LogP contribution in [0.25, 0.3) is 11.0 Å². The predicted octanol–water partition coefficient (Wildman–Crippen LogP) is 2.23. The summed E-state index contributed by atoms with van der Waals surface area (Å²) in [7, 11) is 0. The molecule has 1 saturated heterocycles. The Morgan fingerprint density at radius 2 is 1.81 bits per heavy atom. The van der Waals surface area contributed by atoms with Crippen LogP contribution in [0.15, 0.2) is 24.3 Å². The molecule has 110 valence electrons. The van der Waals surface area contributed by atoms with E-state index in [1.165, 1.54) is 19.3 Å². The molecule has 1 aromatic heterocycles. The van der Waals surface area contributed by atoms with Crippen LogP contribution in [-0.4, -0.2) is 35.6 Å². The zero-order chi connectivity index (χ0) is 14.1. The average molecular weight is 283 g/mol. The lowest BCUT2D eigenvalue weighted by Crippen LogP contribution is -2.19. The van der Waals surface area contributed by atoms with Crippen molar-refractivity contribution in [3.05, 3.63) is 24.3 Å². The third-order valence-corrected chi connectivity index (χ3v) is 4.21. The molecule has 1 aliphatic heterocycles. The van der Waals surface area contributed by atoms with Gasteiger partial charge in [0, 0.05) is 12.6 Å². The molecule has 1 aromatic carbocycles. The van der Waals surface area contributed by atoms with E-state index in [9.17, 15) is 0 Å². The van der Waals surface area contributed by atoms with E-state index in [2.05, 4.69) is 16.0 Å². The molecular formula is C16H21N5. The summed E-state index contributed by atoms with van der Waals surface area (Å²) in [5.41, 5.74) is 1.90. The molecule has 0 spiro atoms. The van der Waals surface area contributed by atoms with Crippen LogP contribution in [0.3, 0.4) is 0 Å². The molecule has 2 aliphatic rings. The van der Waals surface area contributed by atoms with Crippen LogP contribution in [0.5, 0.6) is 0 Å². The second-order valence-electron chi connectivity index (χ2n) is 6.07. The largest absolute Gasteiger partial charge is 0.367 e. The maximum Gasteiger partial charge on any atom is 0.169 e. The van der Waals surface area contributed by atoms with Crippen LogP contribution in [0.1, 0.15) is 19.3 Å². The van der Waals surface area contributed by atoms with Gasteiger partial charge in [0.05, 0.1) is 11.0 Å². The van der Waals surface area contributed by atoms with E-state index in [0.717, 1.165) is 42.3 Å². The predicted molar refractivity (Wildman–Crippen MR) is 85.6 cm³/mol. The Balaban J connectivity index is 1.59. The third kappa shape index (κ3) is 2.93. The highest BCUT2D eigenvalue weighted by Crippen LogP contribution is 2.28. The fourth-order valence-corrected chi connectivity index (χ4v) is 2.77. The highest BCUT2D eigenvalue weighted by Gasteiger charge is 2.24. The number of benzene rings is 1. The number of rotatable bonds is 5. The summed E-state index contributed by atoms with van der Waals surface area (Å²) in [6.45, 7) is 3.18. The van der Waals surface area contributed by atoms with E-state index >= 15 is 0 Å². The normalized spacial score (nSPS) is 21.6. The molecule has 5 heteroatoms. The smallest absolute Gasteiger partial charge is 0.169 e. The van der Waals surface area contributed by atoms with Gasteiger partial charge in [0.25, 0.3) is 0 Å². The molecule has 1 aliphatic carbocycles. The van der Waals surface area contributed by atoms with Crippen molar-refractivity contribution in [1.29, 1.82) is 0 Å². The average Bonchev–Trinajstić information content (AvgIpc) is 3.17. The maximum absolute atomic E-state index is 4.76. The number of anilines is 2. The van der Waals surface area contributed by atoms with Gasteiger partial charge in [-0.2, -0.15) is 0 Å². The van der Waals surface area contributed by atoms with Crippen LogP contribution in [-0.2, 0) is 0 Å². The van der Waals surface area contributed by atoms with Crippen molar-refractivity contribution < 1.29 is 0 Å². The molecule has 1 atom stereocenters. The maximum atomic E-state index is 4.76. The molecule has 0 bridgehead atoms. The third-order valence-electron chi connectivity index (χ3n) is 4.21. The molecule has 5 nitrogen and oxygen atoms in total. The van der Waals surface area contributed by atoms with Crippen LogP contribution in [0.4, 0.5) is 11.6 Å². The molecule has 21 heavy (non-hydrogen) atoms. The number of nitrogens with zero attached hydrogens (tertiary/aromatic N) is 2. The Bertz CT molecular complexity index is 632. The number of nitrogens with one attached hydrogen (secondary N) is 3. The van der Waals surface area contributed by atoms with E-state index in [1.807, 2.05) is 24.3 Å². The van der Waals surface area contributed by atoms with Gasteiger partial charge in [-0.25, -0.2) is 9.97 Å². The molecule has 2 heterocycles. The van der Waals surface area contributed by atoms with E-state index in [1.54, 1.807) is 0 Å². The highest BCUT2D eigenvalue weighted by molar-refractivity contribution is 5.80. The summed E-state index contributed by atoms with van der Waals surface area (Å²) >= 11 is 0. The summed E-state index contributed by atoms with van der Waals surface area (Å²) in [6, 6.07) is 8.63. The number of aromatic nitrogens is 2. The summed E-state index contributed by atoms with van der Waals surface area (Å²) in [5, 5.41) is 10.4. The Morgan fingerprint density at radius 1 is 1.05 bits per heavy atom. The SMILES string of the molecule is c1ccc2nc(NC3CC3)c(NCC3CCNC3)nc2c1. The molecule has 1 unspecified atom stereocenters. The van der Waals surface area contributed by atoms with Gasteiger partial charge >= 0.3 is 0 Å². The fourth-order valence-electron chi connectivity index (χ4n) is 2.77. The zero-order valence-corrected chi connectivity index (χ0v) is 12.1. The summed E-state index contributed by atoms with van der Waals surface area (Å²) in [4.78, 5) is 9.51. The minimum Gasteiger partial charge on any atom is -0.367 e. The van der Waals surface area contributed by atoms with E-state index in [-0.39, 0.29) is 0 Å². The Kier molecular flexibility index (Phi) is 3.35. The first kappa shape index (κ1) is 12.8. The lowest BCUT2D eigenvalue weighted by Gasteiger charge is -2.15. The van der Waals surface area contributed by atoms with Crippen LogP contribution >= 0.6 is 0 Å². The summed E-state index contributed by atoms with van der Waals surface area (Å²) in [5.74, 6) is 2.49. The monoisotopic (exact) mass is 283 g/mol. The first-order valence-electron chi connectivity index (χ1n) is 7.86. The van der Waals surface area contributed by atoms with Gasteiger partial charge in [-0.05, 0) is 50.4 Å². The van der Waals surface area contributed by atoms with Gasteiger partial charge in [0.2, 0.25) is 0 Å². The van der Waals surface area contributed by atoms with Crippen molar-refractivity contribution in [2.75, 3.05) is 30.3 Å². The van der Waals surface area contributed by atoms with E-state index < -0.39 is 0 Å². The second kappa shape index (κ2) is 5.48. The van der Waals surface area contributed by atoms with Gasteiger partial charge in [-0.1, -0.05) is 12.1 Å². The molecular weight excluding hydrogens is 262 g/mol. The summed E-state index contributed by atoms with van der Waals surface area (Å²) < 4.78 is 0. The topological polar surface area (TPSA) is 61.9 Å². The van der Waals surface area contributed by atoms with Crippen molar-refractivity contribution in [3.63, 3.8) is 0 Å². The zero-order valence-electron chi connectivity index (χ0n) is 12.1. The molecule has 4 rings (SSSR count). The fraction of sp³-hybridized carbons (Fsp3) is 0.500. The minimum absolute atomic E-state index is 0.578. The molecule has 0 amide bonds. The lowest BCUT2D eigenvalue weighted by atomic mass is 10.1. The number of fused-ring (bicyclic) bond motifs is 1. The Hall–Kier alpha value is -1.88. The number of hydrogen-bond acceptors (Lipinski definition) is 5. The highest BCUT2D eigenvalue weighted by atomic mass is 15.1. The van der Waals surface area contributed by atoms with Crippen LogP contribution in [0.2, 0.25) is 0 Å². The van der Waals surface area contributed by atoms with Crippen molar-refractivity contribution in [2.45, 2.75) is 25.3 Å². The standard InChI is InChI=1S/C16H21N5/c1-2-4-14-13(3-1)20-15(16(21-14)19-12-5-6-12)18-10-11-7-8-17-9-11/h1-4,11-12,17H,5-10H2,(H,18,20)(H,19,21). The lowest BCUT2D eigenvalue weighted by molar-refractivity contribution is 0.614. The van der Waals surface area contributed by atoms with Gasteiger partial charge < -0.3 is 16.0 Å². The molecule has 2 fully saturated rings. The molecule has 0 radical (unpaired) electrons. The van der Waals surface area contributed by atoms with Crippen LogP contribution < -0.4 is 16.0 Å². The Labute approximate surface area is 124 Å². The Morgan fingerprint density at radius 3 is 2.48 bits per heavy atom.